The van der Waals surface area contributed by atoms with Crippen molar-refractivity contribution in [2.24, 2.45) is 0 Å². The molecule has 2 amide bonds. The number of nitriles is 1. The van der Waals surface area contributed by atoms with Gasteiger partial charge in [0.1, 0.15) is 4.88 Å². The lowest BCUT2D eigenvalue weighted by atomic mass is 10.0. The average Bonchev–Trinajstić information content (AvgIpc) is 3.41. The first kappa shape index (κ1) is 27.7. The molecule has 0 radical (unpaired) electrons. The van der Waals surface area contributed by atoms with E-state index in [-0.39, 0.29) is 4.90 Å². The normalized spacial score (nSPS) is 11.0. The van der Waals surface area contributed by atoms with E-state index in [0.717, 1.165) is 12.8 Å². The summed E-state index contributed by atoms with van der Waals surface area (Å²) in [7, 11) is -3.69. The van der Waals surface area contributed by atoms with E-state index in [4.69, 9.17) is 5.26 Å². The SMILES string of the molecule is CCCCNS(=O)(=O)c1ccccc1-c1ccc(C(=O)Nc2ccsc2C(=O)Nc2cccc(C#N)c2)cc1. The molecular weight excluding hydrogens is 532 g/mol. The minimum Gasteiger partial charge on any atom is -0.321 e. The van der Waals surface area contributed by atoms with Crippen LogP contribution in [0.25, 0.3) is 11.1 Å². The molecule has 0 bridgehead atoms. The molecule has 3 N–H and O–H groups in total. The number of hydrogen-bond acceptors (Lipinski definition) is 6. The minimum atomic E-state index is -3.69. The van der Waals surface area contributed by atoms with Crippen molar-refractivity contribution in [3.63, 3.8) is 0 Å². The van der Waals surface area contributed by atoms with Gasteiger partial charge in [-0.1, -0.05) is 49.7 Å². The quantitative estimate of drug-likeness (QED) is 0.210. The predicted octanol–water partition coefficient (Wildman–Crippen LogP) is 5.87. The Kier molecular flexibility index (Phi) is 8.88. The van der Waals surface area contributed by atoms with Crippen LogP contribution in [0.4, 0.5) is 11.4 Å². The van der Waals surface area contributed by atoms with Gasteiger partial charge >= 0.3 is 0 Å². The molecule has 0 saturated heterocycles. The molecule has 0 aliphatic carbocycles. The van der Waals surface area contributed by atoms with Crippen molar-refractivity contribution in [1.82, 2.24) is 4.72 Å². The smallest absolute Gasteiger partial charge is 0.267 e. The van der Waals surface area contributed by atoms with Crippen molar-refractivity contribution in [2.75, 3.05) is 17.2 Å². The first-order chi connectivity index (χ1) is 18.8. The summed E-state index contributed by atoms with van der Waals surface area (Å²) in [5.74, 6) is -0.821. The first-order valence-electron chi connectivity index (χ1n) is 12.2. The molecule has 4 aromatic rings. The Bertz CT molecular complexity index is 1640. The van der Waals surface area contributed by atoms with E-state index in [9.17, 15) is 18.0 Å². The summed E-state index contributed by atoms with van der Waals surface area (Å²) in [5.41, 5.74) is 2.79. The molecule has 1 heterocycles. The van der Waals surface area contributed by atoms with E-state index in [1.165, 1.54) is 11.3 Å². The molecule has 0 unspecified atom stereocenters. The number of benzene rings is 3. The molecule has 0 aliphatic heterocycles. The summed E-state index contributed by atoms with van der Waals surface area (Å²) in [5, 5.41) is 16.3. The highest BCUT2D eigenvalue weighted by Crippen LogP contribution is 2.28. The van der Waals surface area contributed by atoms with Crippen LogP contribution < -0.4 is 15.4 Å². The zero-order chi connectivity index (χ0) is 27.8. The van der Waals surface area contributed by atoms with Gasteiger partial charge in [0.2, 0.25) is 10.0 Å². The van der Waals surface area contributed by atoms with Gasteiger partial charge in [0.05, 0.1) is 22.2 Å². The Morgan fingerprint density at radius 2 is 1.69 bits per heavy atom. The maximum Gasteiger partial charge on any atom is 0.267 e. The number of nitrogens with zero attached hydrogens (tertiary/aromatic N) is 1. The maximum absolute atomic E-state index is 13.0. The van der Waals surface area contributed by atoms with Crippen molar-refractivity contribution in [3.8, 4) is 17.2 Å². The summed E-state index contributed by atoms with van der Waals surface area (Å²) in [6.45, 7) is 2.35. The van der Waals surface area contributed by atoms with E-state index in [2.05, 4.69) is 15.4 Å². The molecule has 0 saturated carbocycles. The first-order valence-corrected chi connectivity index (χ1v) is 14.6. The second kappa shape index (κ2) is 12.5. The van der Waals surface area contributed by atoms with Gasteiger partial charge in [-0.05, 0) is 59.8 Å². The predicted molar refractivity (Wildman–Crippen MR) is 153 cm³/mol. The number of carbonyl (C=O) groups excluding carboxylic acids is 2. The Balaban J connectivity index is 1.49. The number of carbonyl (C=O) groups is 2. The van der Waals surface area contributed by atoms with Gasteiger partial charge in [-0.3, -0.25) is 9.59 Å². The number of unbranched alkanes of at least 4 members (excludes halogenated alkanes) is 1. The van der Waals surface area contributed by atoms with Crippen molar-refractivity contribution in [3.05, 3.63) is 100 Å². The molecule has 198 valence electrons. The van der Waals surface area contributed by atoms with Gasteiger partial charge < -0.3 is 10.6 Å². The van der Waals surface area contributed by atoms with Crippen LogP contribution in [-0.2, 0) is 10.0 Å². The van der Waals surface area contributed by atoms with Gasteiger partial charge in [0.15, 0.2) is 0 Å². The monoisotopic (exact) mass is 558 g/mol. The van der Waals surface area contributed by atoms with E-state index in [1.54, 1.807) is 84.2 Å². The highest BCUT2D eigenvalue weighted by Gasteiger charge is 2.20. The highest BCUT2D eigenvalue weighted by atomic mass is 32.2. The van der Waals surface area contributed by atoms with Crippen LogP contribution in [0.3, 0.4) is 0 Å². The number of amides is 2. The Morgan fingerprint density at radius 3 is 2.44 bits per heavy atom. The lowest BCUT2D eigenvalue weighted by Crippen LogP contribution is -2.25. The van der Waals surface area contributed by atoms with E-state index in [1.807, 2.05) is 13.0 Å². The van der Waals surface area contributed by atoms with Crippen LogP contribution in [0, 0.1) is 11.3 Å². The average molecular weight is 559 g/mol. The Hall–Kier alpha value is -4.30. The largest absolute Gasteiger partial charge is 0.321 e. The standard InChI is InChI=1S/C29H26N4O4S2/c1-2-3-16-31-39(36,37)26-10-5-4-9-24(26)21-11-13-22(14-12-21)28(34)33-25-15-17-38-27(25)29(35)32-23-8-6-7-20(18-23)19-30/h4-15,17-18,31H,2-3,16H2,1H3,(H,32,35)(H,33,34). The summed E-state index contributed by atoms with van der Waals surface area (Å²) in [6.07, 6.45) is 1.62. The van der Waals surface area contributed by atoms with Gasteiger partial charge in [-0.25, -0.2) is 13.1 Å². The molecule has 0 spiro atoms. The van der Waals surface area contributed by atoms with Crippen molar-refractivity contribution in [1.29, 1.82) is 5.26 Å². The molecule has 10 heteroatoms. The van der Waals surface area contributed by atoms with E-state index < -0.39 is 21.8 Å². The summed E-state index contributed by atoms with van der Waals surface area (Å²) < 4.78 is 28.4. The highest BCUT2D eigenvalue weighted by molar-refractivity contribution is 7.89. The number of thiophene rings is 1. The van der Waals surface area contributed by atoms with Crippen LogP contribution >= 0.6 is 11.3 Å². The summed E-state index contributed by atoms with van der Waals surface area (Å²) >= 11 is 1.18. The zero-order valence-electron chi connectivity index (χ0n) is 21.1. The minimum absolute atomic E-state index is 0.174. The van der Waals surface area contributed by atoms with Crippen molar-refractivity contribution < 1.29 is 18.0 Å². The second-order valence-corrected chi connectivity index (χ2v) is 11.2. The van der Waals surface area contributed by atoms with Gasteiger partial charge in [0.25, 0.3) is 11.8 Å². The fraction of sp³-hybridized carbons (Fsp3) is 0.138. The van der Waals surface area contributed by atoms with Crippen LogP contribution in [0.2, 0.25) is 0 Å². The third-order valence-corrected chi connectivity index (χ3v) is 8.26. The third-order valence-electron chi connectivity index (χ3n) is 5.83. The van der Waals surface area contributed by atoms with Crippen molar-refractivity contribution >= 4 is 44.5 Å². The van der Waals surface area contributed by atoms with Crippen LogP contribution in [0.1, 0.15) is 45.4 Å². The molecule has 8 nitrogen and oxygen atoms in total. The fourth-order valence-electron chi connectivity index (χ4n) is 3.83. The van der Waals surface area contributed by atoms with Crippen molar-refractivity contribution in [2.45, 2.75) is 24.7 Å². The molecule has 0 aliphatic rings. The number of hydrogen-bond donors (Lipinski definition) is 3. The maximum atomic E-state index is 13.0. The molecular formula is C29H26N4O4S2. The number of rotatable bonds is 10. The third kappa shape index (κ3) is 6.78. The Morgan fingerprint density at radius 1 is 0.923 bits per heavy atom. The van der Waals surface area contributed by atoms with Gasteiger partial charge in [-0.15, -0.1) is 11.3 Å². The lowest BCUT2D eigenvalue weighted by molar-refractivity contribution is 0.102. The lowest BCUT2D eigenvalue weighted by Gasteiger charge is -2.12. The van der Waals surface area contributed by atoms with Crippen LogP contribution in [0.5, 0.6) is 0 Å². The van der Waals surface area contributed by atoms with E-state index in [0.29, 0.717) is 45.1 Å². The molecule has 1 aromatic heterocycles. The number of nitrogens with one attached hydrogen (secondary N) is 3. The Labute approximate surface area is 231 Å². The zero-order valence-corrected chi connectivity index (χ0v) is 22.7. The van der Waals surface area contributed by atoms with E-state index >= 15 is 0 Å². The number of anilines is 2. The van der Waals surface area contributed by atoms with Gasteiger partial charge in [-0.2, -0.15) is 5.26 Å². The summed E-state index contributed by atoms with van der Waals surface area (Å²) in [4.78, 5) is 26.3. The van der Waals surface area contributed by atoms with Crippen LogP contribution in [-0.4, -0.2) is 26.8 Å². The van der Waals surface area contributed by atoms with Crippen LogP contribution in [0.15, 0.2) is 89.1 Å². The topological polar surface area (TPSA) is 128 Å². The second-order valence-electron chi connectivity index (χ2n) is 8.59. The molecule has 4 rings (SSSR count). The molecule has 3 aromatic carbocycles. The molecule has 0 fully saturated rings. The fourth-order valence-corrected chi connectivity index (χ4v) is 5.88. The summed E-state index contributed by atoms with van der Waals surface area (Å²) in [6, 6.07) is 23.6. The molecule has 39 heavy (non-hydrogen) atoms. The number of sulfonamides is 1. The molecule has 0 atom stereocenters. The van der Waals surface area contributed by atoms with Gasteiger partial charge in [0, 0.05) is 23.4 Å².